The van der Waals surface area contributed by atoms with Crippen LogP contribution in [0.15, 0.2) is 150 Å². The predicted molar refractivity (Wildman–Crippen MR) is 171 cm³/mol. The first kappa shape index (κ1) is 25.7. The van der Waals surface area contributed by atoms with Crippen LogP contribution in [-0.2, 0) is 6.54 Å². The van der Waals surface area contributed by atoms with Crippen molar-refractivity contribution < 1.29 is 9.15 Å². The molecule has 42 heavy (non-hydrogen) atoms. The van der Waals surface area contributed by atoms with Gasteiger partial charge in [0, 0.05) is 40.2 Å². The van der Waals surface area contributed by atoms with Crippen molar-refractivity contribution in [2.75, 3.05) is 23.6 Å². The van der Waals surface area contributed by atoms with E-state index < -0.39 is 0 Å². The molecule has 0 saturated heterocycles. The Balaban J connectivity index is 1.54. The lowest BCUT2D eigenvalue weighted by Crippen LogP contribution is -2.38. The molecule has 5 aromatic carbocycles. The summed E-state index contributed by atoms with van der Waals surface area (Å²) in [5, 5.41) is 0. The Morgan fingerprint density at radius 2 is 1.14 bits per heavy atom. The molecule has 1 aliphatic rings. The van der Waals surface area contributed by atoms with Gasteiger partial charge in [0.2, 0.25) is 0 Å². The molecular formula is C38H32N2O2. The number of rotatable bonds is 6. The molecule has 0 fully saturated rings. The third-order valence-corrected chi connectivity index (χ3v) is 8.02. The average Bonchev–Trinajstić information content (AvgIpc) is 3.34. The van der Waals surface area contributed by atoms with Gasteiger partial charge < -0.3 is 19.0 Å². The monoisotopic (exact) mass is 548 g/mol. The molecule has 4 heteroatoms. The van der Waals surface area contributed by atoms with Crippen molar-refractivity contribution in [2.24, 2.45) is 0 Å². The van der Waals surface area contributed by atoms with Crippen LogP contribution in [0.4, 0.5) is 11.4 Å². The van der Waals surface area contributed by atoms with Crippen LogP contribution in [-0.4, -0.2) is 13.8 Å². The Labute approximate surface area is 247 Å². The van der Waals surface area contributed by atoms with E-state index in [4.69, 9.17) is 9.15 Å². The van der Waals surface area contributed by atoms with Crippen LogP contribution in [0.5, 0.6) is 5.75 Å². The molecule has 0 amide bonds. The molecule has 0 bridgehead atoms. The maximum atomic E-state index is 6.99. The number of nitrogens with zero attached hydrogens (tertiary/aromatic N) is 2. The number of para-hydroxylation sites is 2. The van der Waals surface area contributed by atoms with Crippen molar-refractivity contribution in [3.63, 3.8) is 0 Å². The van der Waals surface area contributed by atoms with E-state index in [2.05, 4.69) is 143 Å². The second-order valence-corrected chi connectivity index (χ2v) is 10.5. The maximum Gasteiger partial charge on any atom is 0.140 e. The van der Waals surface area contributed by atoms with Crippen LogP contribution in [0.1, 0.15) is 22.7 Å². The molecule has 2 heterocycles. The minimum atomic E-state index is -0.0874. The largest absolute Gasteiger partial charge is 0.497 e. The molecule has 4 nitrogen and oxygen atoms in total. The summed E-state index contributed by atoms with van der Waals surface area (Å²) in [5.74, 6) is 2.62. The standard InChI is InChI=1S/C38H32N2O2/c1-41-33-24-22-30(23-25-33)38-35-34(37(42-38)29-16-8-3-9-17-29)26-39(31-18-10-4-11-19-31)27-40(32-20-12-5-13-21-32)36(35)28-14-6-2-7-15-28/h2-25,36H,26-27H2,1H3. The first-order valence-electron chi connectivity index (χ1n) is 14.3. The molecular weight excluding hydrogens is 516 g/mol. The minimum absolute atomic E-state index is 0.0874. The smallest absolute Gasteiger partial charge is 0.140 e. The van der Waals surface area contributed by atoms with Gasteiger partial charge in [0.05, 0.1) is 19.8 Å². The molecule has 0 saturated carbocycles. The quantitative estimate of drug-likeness (QED) is 0.207. The van der Waals surface area contributed by atoms with Crippen LogP contribution in [0.3, 0.4) is 0 Å². The number of ether oxygens (including phenoxy) is 1. The zero-order chi connectivity index (χ0) is 28.3. The Kier molecular flexibility index (Phi) is 6.95. The van der Waals surface area contributed by atoms with E-state index in [1.165, 1.54) is 22.4 Å². The molecule has 1 aliphatic heterocycles. The molecule has 0 radical (unpaired) electrons. The van der Waals surface area contributed by atoms with Gasteiger partial charge in [-0.1, -0.05) is 97.1 Å². The highest BCUT2D eigenvalue weighted by Crippen LogP contribution is 2.48. The van der Waals surface area contributed by atoms with Gasteiger partial charge in [0.1, 0.15) is 17.3 Å². The van der Waals surface area contributed by atoms with E-state index in [0.29, 0.717) is 13.2 Å². The molecule has 0 aliphatic carbocycles. The zero-order valence-corrected chi connectivity index (χ0v) is 23.6. The molecule has 1 unspecified atom stereocenters. The Morgan fingerprint density at radius 1 is 0.595 bits per heavy atom. The second kappa shape index (κ2) is 11.3. The van der Waals surface area contributed by atoms with Gasteiger partial charge in [-0.25, -0.2) is 0 Å². The minimum Gasteiger partial charge on any atom is -0.497 e. The van der Waals surface area contributed by atoms with Gasteiger partial charge >= 0.3 is 0 Å². The van der Waals surface area contributed by atoms with Gasteiger partial charge in [-0.05, 0) is 54.1 Å². The van der Waals surface area contributed by atoms with E-state index in [-0.39, 0.29) is 6.04 Å². The second-order valence-electron chi connectivity index (χ2n) is 10.5. The molecule has 6 aromatic rings. The fourth-order valence-corrected chi connectivity index (χ4v) is 6.01. The predicted octanol–water partition coefficient (Wildman–Crippen LogP) is 9.20. The summed E-state index contributed by atoms with van der Waals surface area (Å²) in [5.41, 5.74) is 8.02. The number of anilines is 2. The van der Waals surface area contributed by atoms with E-state index in [1.54, 1.807) is 7.11 Å². The highest BCUT2D eigenvalue weighted by atomic mass is 16.5. The molecule has 0 N–H and O–H groups in total. The normalized spacial score (nSPS) is 14.7. The number of hydrogen-bond acceptors (Lipinski definition) is 4. The number of furan rings is 1. The highest BCUT2D eigenvalue weighted by Gasteiger charge is 2.37. The maximum absolute atomic E-state index is 6.99. The van der Waals surface area contributed by atoms with Gasteiger partial charge in [0.15, 0.2) is 0 Å². The zero-order valence-electron chi connectivity index (χ0n) is 23.6. The molecule has 1 atom stereocenters. The summed E-state index contributed by atoms with van der Waals surface area (Å²) in [6.07, 6.45) is 0. The fourth-order valence-electron chi connectivity index (χ4n) is 6.01. The Morgan fingerprint density at radius 3 is 1.76 bits per heavy atom. The third-order valence-electron chi connectivity index (χ3n) is 8.02. The van der Waals surface area contributed by atoms with Gasteiger partial charge in [0.25, 0.3) is 0 Å². The summed E-state index contributed by atoms with van der Waals surface area (Å²) in [6.45, 7) is 1.41. The number of methoxy groups -OCH3 is 1. The average molecular weight is 549 g/mol. The van der Waals surface area contributed by atoms with E-state index in [0.717, 1.165) is 34.1 Å². The van der Waals surface area contributed by atoms with Crippen LogP contribution in [0.25, 0.3) is 22.6 Å². The topological polar surface area (TPSA) is 28.9 Å². The summed E-state index contributed by atoms with van der Waals surface area (Å²) in [4.78, 5) is 4.96. The number of hydrogen-bond donors (Lipinski definition) is 0. The van der Waals surface area contributed by atoms with Crippen LogP contribution in [0.2, 0.25) is 0 Å². The molecule has 0 spiro atoms. The highest BCUT2D eigenvalue weighted by molar-refractivity contribution is 5.77. The Hall–Kier alpha value is -5.22. The lowest BCUT2D eigenvalue weighted by Gasteiger charge is -2.36. The van der Waals surface area contributed by atoms with Gasteiger partial charge in [-0.3, -0.25) is 0 Å². The number of benzene rings is 5. The van der Waals surface area contributed by atoms with Crippen molar-refractivity contribution in [2.45, 2.75) is 12.6 Å². The van der Waals surface area contributed by atoms with Crippen molar-refractivity contribution in [1.29, 1.82) is 0 Å². The van der Waals surface area contributed by atoms with Crippen LogP contribution in [0, 0.1) is 0 Å². The van der Waals surface area contributed by atoms with Gasteiger partial charge in [-0.15, -0.1) is 0 Å². The van der Waals surface area contributed by atoms with Crippen molar-refractivity contribution >= 4 is 11.4 Å². The van der Waals surface area contributed by atoms with E-state index >= 15 is 0 Å². The summed E-state index contributed by atoms with van der Waals surface area (Å²) >= 11 is 0. The van der Waals surface area contributed by atoms with Crippen molar-refractivity contribution in [1.82, 2.24) is 0 Å². The molecule has 1 aromatic heterocycles. The van der Waals surface area contributed by atoms with E-state index in [1.807, 2.05) is 12.1 Å². The fraction of sp³-hybridized carbons (Fsp3) is 0.105. The van der Waals surface area contributed by atoms with Gasteiger partial charge in [-0.2, -0.15) is 0 Å². The Bertz CT molecular complexity index is 1750. The van der Waals surface area contributed by atoms with Crippen LogP contribution < -0.4 is 14.5 Å². The van der Waals surface area contributed by atoms with Crippen molar-refractivity contribution in [3.8, 4) is 28.4 Å². The van der Waals surface area contributed by atoms with E-state index in [9.17, 15) is 0 Å². The summed E-state index contributed by atoms with van der Waals surface area (Å²) in [7, 11) is 1.70. The first-order valence-corrected chi connectivity index (χ1v) is 14.3. The summed E-state index contributed by atoms with van der Waals surface area (Å²) in [6, 6.07) is 50.8. The lowest BCUT2D eigenvalue weighted by molar-refractivity contribution is 0.415. The first-order chi connectivity index (χ1) is 20.8. The third kappa shape index (κ3) is 4.82. The lowest BCUT2D eigenvalue weighted by atomic mass is 9.90. The molecule has 206 valence electrons. The summed E-state index contributed by atoms with van der Waals surface area (Å²) < 4.78 is 12.5. The number of fused-ring (bicyclic) bond motifs is 1. The molecule has 7 rings (SSSR count). The van der Waals surface area contributed by atoms with Crippen molar-refractivity contribution in [3.05, 3.63) is 162 Å². The van der Waals surface area contributed by atoms with Crippen LogP contribution >= 0.6 is 0 Å². The SMILES string of the molecule is COc1ccc(-c2oc(-c3ccccc3)c3c2C(c2ccccc2)N(c2ccccc2)CN(c2ccccc2)C3)cc1.